The van der Waals surface area contributed by atoms with Gasteiger partial charge in [0, 0.05) is 12.0 Å². The highest BCUT2D eigenvalue weighted by Crippen LogP contribution is 2.22. The molecule has 0 bridgehead atoms. The first-order chi connectivity index (χ1) is 5.95. The Morgan fingerprint density at radius 1 is 1.62 bits per heavy atom. The van der Waals surface area contributed by atoms with Gasteiger partial charge in [0.05, 0.1) is 11.4 Å². The molecule has 0 aliphatic heterocycles. The summed E-state index contributed by atoms with van der Waals surface area (Å²) in [4.78, 5) is 0. The number of nitrogens with two attached hydrogens (primary N) is 1. The summed E-state index contributed by atoms with van der Waals surface area (Å²) in [7, 11) is 0. The van der Waals surface area contributed by atoms with E-state index in [1.165, 1.54) is 0 Å². The fraction of sp³-hybridized carbons (Fsp3) is 0.667. The van der Waals surface area contributed by atoms with E-state index in [0.717, 1.165) is 5.69 Å². The SMILES string of the molecule is CC(C)(C)c1cc(C(O)CN)[nH]n1. The van der Waals surface area contributed by atoms with E-state index in [4.69, 9.17) is 5.73 Å². The molecule has 0 aromatic carbocycles. The van der Waals surface area contributed by atoms with Gasteiger partial charge in [0.15, 0.2) is 0 Å². The highest BCUT2D eigenvalue weighted by Gasteiger charge is 2.19. The Balaban J connectivity index is 2.87. The van der Waals surface area contributed by atoms with E-state index in [0.29, 0.717) is 5.69 Å². The third kappa shape index (κ3) is 2.29. The number of hydrogen-bond acceptors (Lipinski definition) is 3. The number of aliphatic hydroxyl groups is 1. The maximum absolute atomic E-state index is 9.41. The molecule has 0 spiro atoms. The van der Waals surface area contributed by atoms with Gasteiger partial charge in [-0.2, -0.15) is 5.10 Å². The molecule has 4 nitrogen and oxygen atoms in total. The summed E-state index contributed by atoms with van der Waals surface area (Å²) in [6.07, 6.45) is -0.636. The van der Waals surface area contributed by atoms with Crippen LogP contribution in [0.3, 0.4) is 0 Å². The summed E-state index contributed by atoms with van der Waals surface area (Å²) < 4.78 is 0. The molecule has 0 aliphatic carbocycles. The lowest BCUT2D eigenvalue weighted by molar-refractivity contribution is 0.182. The van der Waals surface area contributed by atoms with Crippen LogP contribution in [0.15, 0.2) is 6.07 Å². The Morgan fingerprint density at radius 2 is 2.23 bits per heavy atom. The molecule has 0 amide bonds. The fourth-order valence-electron chi connectivity index (χ4n) is 1.02. The molecule has 0 saturated heterocycles. The van der Waals surface area contributed by atoms with Gasteiger partial charge in [0.1, 0.15) is 6.10 Å². The average Bonchev–Trinajstić information content (AvgIpc) is 2.50. The van der Waals surface area contributed by atoms with Gasteiger partial charge in [-0.1, -0.05) is 20.8 Å². The number of nitrogens with one attached hydrogen (secondary N) is 1. The second-order valence-corrected chi connectivity index (χ2v) is 4.21. The lowest BCUT2D eigenvalue weighted by atomic mass is 9.92. The predicted molar refractivity (Wildman–Crippen MR) is 51.3 cm³/mol. The molecule has 0 aliphatic rings. The first kappa shape index (κ1) is 10.2. The number of aromatic amines is 1. The maximum atomic E-state index is 9.41. The summed E-state index contributed by atoms with van der Waals surface area (Å²) in [6, 6.07) is 1.86. The van der Waals surface area contributed by atoms with Crippen LogP contribution in [0.4, 0.5) is 0 Å². The van der Waals surface area contributed by atoms with Crippen LogP contribution in [0.5, 0.6) is 0 Å². The predicted octanol–water partition coefficient (Wildman–Crippen LogP) is 0.699. The third-order valence-electron chi connectivity index (χ3n) is 1.95. The minimum atomic E-state index is -0.636. The summed E-state index contributed by atoms with van der Waals surface area (Å²) in [5.74, 6) is 0. The van der Waals surface area contributed by atoms with Crippen LogP contribution in [0.25, 0.3) is 0 Å². The second kappa shape index (κ2) is 3.47. The van der Waals surface area contributed by atoms with E-state index in [9.17, 15) is 5.11 Å². The summed E-state index contributed by atoms with van der Waals surface area (Å²) in [5, 5.41) is 16.3. The summed E-state index contributed by atoms with van der Waals surface area (Å²) >= 11 is 0. The molecule has 4 N–H and O–H groups in total. The molecule has 1 aromatic rings. The Bertz CT molecular complexity index is 275. The molecule has 0 saturated carbocycles. The molecule has 1 heterocycles. The summed E-state index contributed by atoms with van der Waals surface area (Å²) in [5.41, 5.74) is 6.95. The maximum Gasteiger partial charge on any atom is 0.108 e. The van der Waals surface area contributed by atoms with E-state index in [2.05, 4.69) is 31.0 Å². The smallest absolute Gasteiger partial charge is 0.108 e. The van der Waals surface area contributed by atoms with E-state index in [1.54, 1.807) is 0 Å². The monoisotopic (exact) mass is 183 g/mol. The number of aliphatic hydroxyl groups excluding tert-OH is 1. The highest BCUT2D eigenvalue weighted by molar-refractivity contribution is 5.17. The Hall–Kier alpha value is -0.870. The minimum Gasteiger partial charge on any atom is -0.385 e. The van der Waals surface area contributed by atoms with Gasteiger partial charge >= 0.3 is 0 Å². The van der Waals surface area contributed by atoms with Crippen LogP contribution >= 0.6 is 0 Å². The lowest BCUT2D eigenvalue weighted by Crippen LogP contribution is -2.12. The largest absolute Gasteiger partial charge is 0.385 e. The van der Waals surface area contributed by atoms with E-state index < -0.39 is 6.10 Å². The van der Waals surface area contributed by atoms with Crippen molar-refractivity contribution in [1.82, 2.24) is 10.2 Å². The average molecular weight is 183 g/mol. The van der Waals surface area contributed by atoms with Gasteiger partial charge in [-0.25, -0.2) is 0 Å². The van der Waals surface area contributed by atoms with Crippen LogP contribution in [0, 0.1) is 0 Å². The van der Waals surface area contributed by atoms with E-state index >= 15 is 0 Å². The Labute approximate surface area is 78.2 Å². The van der Waals surface area contributed by atoms with Crippen molar-refractivity contribution in [2.24, 2.45) is 5.73 Å². The Morgan fingerprint density at radius 3 is 2.62 bits per heavy atom. The van der Waals surface area contributed by atoms with Crippen LogP contribution < -0.4 is 5.73 Å². The molecule has 0 fully saturated rings. The van der Waals surface area contributed by atoms with Gasteiger partial charge in [0.2, 0.25) is 0 Å². The first-order valence-electron chi connectivity index (χ1n) is 4.39. The van der Waals surface area contributed by atoms with Crippen molar-refractivity contribution in [3.05, 3.63) is 17.5 Å². The van der Waals surface area contributed by atoms with Crippen LogP contribution in [0.1, 0.15) is 38.3 Å². The quantitative estimate of drug-likeness (QED) is 0.631. The normalized spacial score (nSPS) is 14.5. The molecule has 0 radical (unpaired) electrons. The number of hydrogen-bond donors (Lipinski definition) is 3. The van der Waals surface area contributed by atoms with Crippen LogP contribution in [-0.4, -0.2) is 21.8 Å². The van der Waals surface area contributed by atoms with Crippen molar-refractivity contribution < 1.29 is 5.11 Å². The van der Waals surface area contributed by atoms with Crippen LogP contribution in [0.2, 0.25) is 0 Å². The van der Waals surface area contributed by atoms with Gasteiger partial charge in [0.25, 0.3) is 0 Å². The molecule has 1 rings (SSSR count). The molecular weight excluding hydrogens is 166 g/mol. The minimum absolute atomic E-state index is 0.00304. The topological polar surface area (TPSA) is 74.9 Å². The standard InChI is InChI=1S/C9H17N3O/c1-9(2,3)8-4-6(11-12-8)7(13)5-10/h4,7,13H,5,10H2,1-3H3,(H,11,12). The van der Waals surface area contributed by atoms with Crippen molar-refractivity contribution in [3.63, 3.8) is 0 Å². The Kier molecular flexibility index (Phi) is 2.73. The molecule has 74 valence electrons. The summed E-state index contributed by atoms with van der Waals surface area (Å²) in [6.45, 7) is 6.43. The van der Waals surface area contributed by atoms with Crippen LogP contribution in [-0.2, 0) is 5.41 Å². The lowest BCUT2D eigenvalue weighted by Gasteiger charge is -2.13. The highest BCUT2D eigenvalue weighted by atomic mass is 16.3. The molecule has 1 atom stereocenters. The fourth-order valence-corrected chi connectivity index (χ4v) is 1.02. The van der Waals surface area contributed by atoms with Gasteiger partial charge < -0.3 is 10.8 Å². The zero-order chi connectivity index (χ0) is 10.1. The molecule has 1 unspecified atom stereocenters. The van der Waals surface area contributed by atoms with Gasteiger partial charge in [-0.05, 0) is 6.07 Å². The number of nitrogens with zero attached hydrogens (tertiary/aromatic N) is 1. The van der Waals surface area contributed by atoms with Crippen molar-refractivity contribution in [2.45, 2.75) is 32.3 Å². The molecule has 1 aromatic heterocycles. The first-order valence-corrected chi connectivity index (χ1v) is 4.39. The second-order valence-electron chi connectivity index (χ2n) is 4.21. The molecule has 13 heavy (non-hydrogen) atoms. The third-order valence-corrected chi connectivity index (χ3v) is 1.95. The van der Waals surface area contributed by atoms with Crippen molar-refractivity contribution in [2.75, 3.05) is 6.54 Å². The van der Waals surface area contributed by atoms with Crippen molar-refractivity contribution in [1.29, 1.82) is 0 Å². The number of aromatic nitrogens is 2. The zero-order valence-electron chi connectivity index (χ0n) is 8.33. The van der Waals surface area contributed by atoms with Gasteiger partial charge in [-0.15, -0.1) is 0 Å². The molecule has 4 heteroatoms. The van der Waals surface area contributed by atoms with E-state index in [-0.39, 0.29) is 12.0 Å². The van der Waals surface area contributed by atoms with Crippen molar-refractivity contribution >= 4 is 0 Å². The molecular formula is C9H17N3O. The van der Waals surface area contributed by atoms with Crippen molar-refractivity contribution in [3.8, 4) is 0 Å². The number of H-pyrrole nitrogens is 1. The number of rotatable bonds is 2. The zero-order valence-corrected chi connectivity index (χ0v) is 8.33. The van der Waals surface area contributed by atoms with E-state index in [1.807, 2.05) is 6.07 Å². The van der Waals surface area contributed by atoms with Gasteiger partial charge in [-0.3, -0.25) is 5.10 Å².